The molecule has 12 heteroatoms. The second-order valence-corrected chi connectivity index (χ2v) is 23.6. The Morgan fingerprint density at radius 3 is 1.06 bits per heavy atom. The molecule has 1 N–H and O–H groups in total. The van der Waals surface area contributed by atoms with Crippen molar-refractivity contribution in [2.24, 2.45) is 0 Å². The number of fused-ring (bicyclic) bond motifs is 9. The zero-order chi connectivity index (χ0) is 62.1. The normalized spacial score (nSPS) is 10.7. The van der Waals surface area contributed by atoms with E-state index in [1.165, 1.54) is 139 Å². The average molecular weight is 1390 g/mol. The first-order chi connectivity index (χ1) is 45.1. The van der Waals surface area contributed by atoms with Gasteiger partial charge in [-0.3, -0.25) is 29.9 Å². The van der Waals surface area contributed by atoms with Gasteiger partial charge in [-0.25, -0.2) is 4.79 Å². The van der Waals surface area contributed by atoms with Gasteiger partial charge in [-0.05, 0) is 112 Å². The first kappa shape index (κ1) is 73.9. The smallest absolute Gasteiger partial charge is 1.00 e. The molecule has 0 aliphatic rings. The van der Waals surface area contributed by atoms with E-state index in [0.29, 0.717) is 13.2 Å². The van der Waals surface area contributed by atoms with Crippen LogP contribution in [0, 0.1) is 7.43 Å². The molecule has 0 unspecified atom stereocenters. The third kappa shape index (κ3) is 19.8. The van der Waals surface area contributed by atoms with Crippen LogP contribution in [0.3, 0.4) is 0 Å². The number of unbranched alkanes of at least 4 members (excludes halogenated alkanes) is 15. The number of hydrogen-bond acceptors (Lipinski definition) is 8. The van der Waals surface area contributed by atoms with E-state index < -0.39 is 0 Å². The summed E-state index contributed by atoms with van der Waals surface area (Å²) < 4.78 is 5.35. The molecule has 95 heavy (non-hydrogen) atoms. The van der Waals surface area contributed by atoms with Gasteiger partial charge in [0.05, 0.1) is 39.7 Å². The number of pyridine rings is 6. The van der Waals surface area contributed by atoms with Gasteiger partial charge in [0.2, 0.25) is 0 Å². The van der Waals surface area contributed by atoms with E-state index in [2.05, 4.69) is 212 Å². The molecule has 7 aromatic carbocycles. The first-order valence-corrected chi connectivity index (χ1v) is 33.2. The summed E-state index contributed by atoms with van der Waals surface area (Å²) >= 11 is 0. The van der Waals surface area contributed by atoms with Crippen molar-refractivity contribution in [3.8, 4) is 44.5 Å². The van der Waals surface area contributed by atoms with E-state index in [1.54, 1.807) is 0 Å². The quantitative estimate of drug-likeness (QED) is 0.0260. The van der Waals surface area contributed by atoms with Crippen LogP contribution in [0.1, 0.15) is 122 Å². The predicted molar refractivity (Wildman–Crippen MR) is 387 cm³/mol. The molecule has 0 fully saturated rings. The topological polar surface area (TPSA) is 116 Å². The molecule has 0 saturated heterocycles. The number of rotatable bonds is 25. The third-order valence-corrected chi connectivity index (χ3v) is 17.3. The molecule has 6 aromatic heterocycles. The van der Waals surface area contributed by atoms with Crippen LogP contribution in [0.15, 0.2) is 237 Å². The Labute approximate surface area is 587 Å². The van der Waals surface area contributed by atoms with Crippen LogP contribution >= 0.6 is 0 Å². The minimum atomic E-state index is -0.285. The molecule has 0 aliphatic heterocycles. The van der Waals surface area contributed by atoms with Gasteiger partial charge in [-0.1, -0.05) is 261 Å². The molecule has 13 rings (SSSR count). The summed E-state index contributed by atoms with van der Waals surface area (Å²) in [6.07, 6.45) is 33.9. The SMILES string of the molecule is CCCCCCCCCCCCCCCCCOC(=O)NCCCCc1ccnc2c1ccc1cccnc12.[CH3-].[Cl-].[Cl-].[Ru+].c1ccc(-c2ccnc3c2ccc2c(-c4ccccc4)ccnc23)cc1.c1ccc(-c2ccnc3c2ccc2c(-c4ccccc4)ccnc23)cc1. The van der Waals surface area contributed by atoms with Crippen LogP contribution in [-0.4, -0.2) is 49.1 Å². The number of hydrogen-bond donors (Lipinski definition) is 1. The van der Waals surface area contributed by atoms with E-state index in [4.69, 9.17) is 4.74 Å². The predicted octanol–water partition coefficient (Wildman–Crippen LogP) is 16.4. The van der Waals surface area contributed by atoms with Crippen molar-refractivity contribution in [1.82, 2.24) is 35.2 Å². The summed E-state index contributed by atoms with van der Waals surface area (Å²) in [6, 6.07) is 69.1. The summed E-state index contributed by atoms with van der Waals surface area (Å²) in [5, 5.41) is 9.69. The third-order valence-electron chi connectivity index (χ3n) is 17.3. The molecule has 0 spiro atoms. The van der Waals surface area contributed by atoms with Crippen molar-refractivity contribution in [3.63, 3.8) is 0 Å². The minimum absolute atomic E-state index is 0. The summed E-state index contributed by atoms with van der Waals surface area (Å²) in [4.78, 5) is 39.8. The number of nitrogens with zero attached hydrogens (tertiary/aromatic N) is 6. The molecule has 6 heterocycles. The fourth-order valence-electron chi connectivity index (χ4n) is 12.5. The molecular weight excluding hydrogens is 1300 g/mol. The van der Waals surface area contributed by atoms with Gasteiger partial charge < -0.3 is 42.3 Å². The maximum absolute atomic E-state index is 12.0. The number of amides is 1. The molecule has 0 bridgehead atoms. The van der Waals surface area contributed by atoms with Crippen LogP contribution in [0.2, 0.25) is 0 Å². The van der Waals surface area contributed by atoms with Crippen molar-refractivity contribution in [2.75, 3.05) is 13.2 Å². The van der Waals surface area contributed by atoms with E-state index in [1.807, 2.05) is 67.5 Å². The maximum Gasteiger partial charge on any atom is 1.00 e. The molecule has 9 nitrogen and oxygen atoms in total. The number of halogens is 2. The Bertz CT molecular complexity index is 4040. The molecule has 0 aliphatic carbocycles. The summed E-state index contributed by atoms with van der Waals surface area (Å²) in [6.45, 7) is 3.45. The summed E-state index contributed by atoms with van der Waals surface area (Å²) in [5.41, 5.74) is 16.5. The number of alkyl carbamates (subject to hydrolysis) is 1. The number of benzene rings is 7. The molecule has 1 amide bonds. The van der Waals surface area contributed by atoms with Crippen LogP contribution in [0.4, 0.5) is 4.79 Å². The van der Waals surface area contributed by atoms with Gasteiger partial charge in [-0.15, -0.1) is 0 Å². The minimum Gasteiger partial charge on any atom is -1.00 e. The Hall–Kier alpha value is -8.53. The van der Waals surface area contributed by atoms with Crippen molar-refractivity contribution in [1.29, 1.82) is 0 Å². The van der Waals surface area contributed by atoms with E-state index >= 15 is 0 Å². The molecule has 489 valence electrons. The Kier molecular flexibility index (Phi) is 30.6. The largest absolute Gasteiger partial charge is 1.00 e. The standard InChI is InChI=1S/C34H51N3O2.2C24H16N2.CH3.2ClH.Ru/c1-2-3-4-5-6-7-8-9-10-11-12-13-14-15-18-28-39-34(38)37-25-17-16-20-29-24-27-36-33-31(29)23-22-30-21-19-26-35-32(30)33;2*1-3-7-17(8-4-1)19-13-15-25-23-21(19)11-12-22-20(14-16-26-24(22)23)18-9-5-2-6-10-18;;;;/h19,21-24,26-27H,2-18,20,25,28H2,1H3,(H,37,38);2*1-16H;1H3;2*1H;/q;;;-1;;;+1/p-2. The number of carbonyl (C=O) groups excluding carboxylic acids is 1. The molecule has 13 aromatic rings. The van der Waals surface area contributed by atoms with Gasteiger partial charge in [0.15, 0.2) is 0 Å². The zero-order valence-corrected chi connectivity index (χ0v) is 58.0. The number of nitrogens with one attached hydrogen (secondary N) is 1. The van der Waals surface area contributed by atoms with Crippen LogP contribution < -0.4 is 30.1 Å². The molecule has 0 saturated carbocycles. The maximum atomic E-state index is 12.0. The van der Waals surface area contributed by atoms with Crippen molar-refractivity contribution in [3.05, 3.63) is 250 Å². The molecule has 1 radical (unpaired) electrons. The monoisotopic (exact) mass is 1380 g/mol. The van der Waals surface area contributed by atoms with Gasteiger partial charge >= 0.3 is 25.6 Å². The van der Waals surface area contributed by atoms with Crippen molar-refractivity contribution >= 4 is 71.5 Å². The van der Waals surface area contributed by atoms with E-state index in [0.717, 1.165) is 92.1 Å². The number of carbonyl (C=O) groups is 1. The van der Waals surface area contributed by atoms with E-state index in [-0.39, 0.29) is 57.8 Å². The Morgan fingerprint density at radius 2 is 0.674 bits per heavy atom. The summed E-state index contributed by atoms with van der Waals surface area (Å²) in [5.74, 6) is 0. The Morgan fingerprint density at radius 1 is 0.337 bits per heavy atom. The Balaban J connectivity index is 0.000000202. The molecular formula is C83H86Cl2N7O2Ru-2. The van der Waals surface area contributed by atoms with Gasteiger partial charge in [0.25, 0.3) is 0 Å². The summed E-state index contributed by atoms with van der Waals surface area (Å²) in [7, 11) is 0. The van der Waals surface area contributed by atoms with Crippen molar-refractivity contribution < 1.29 is 53.8 Å². The van der Waals surface area contributed by atoms with Gasteiger partial charge in [-0.2, -0.15) is 0 Å². The fourth-order valence-corrected chi connectivity index (χ4v) is 12.5. The van der Waals surface area contributed by atoms with Crippen LogP contribution in [0.5, 0.6) is 0 Å². The van der Waals surface area contributed by atoms with Gasteiger partial charge in [0.1, 0.15) is 0 Å². The van der Waals surface area contributed by atoms with E-state index in [9.17, 15) is 4.79 Å². The number of aryl methyl sites for hydroxylation is 1. The number of ether oxygens (including phenoxy) is 1. The van der Waals surface area contributed by atoms with Crippen LogP contribution in [0.25, 0.3) is 110 Å². The first-order valence-electron chi connectivity index (χ1n) is 33.2. The van der Waals surface area contributed by atoms with Gasteiger partial charge in [0, 0.05) is 76.0 Å². The molecule has 0 atom stereocenters. The fraction of sp³-hybridized carbons (Fsp3) is 0.253. The average Bonchev–Trinajstić information content (AvgIpc) is 0.780. The van der Waals surface area contributed by atoms with Crippen LogP contribution in [-0.2, 0) is 30.6 Å². The zero-order valence-electron chi connectivity index (χ0n) is 54.8. The van der Waals surface area contributed by atoms with Crippen molar-refractivity contribution in [2.45, 2.75) is 122 Å². The second kappa shape index (κ2) is 39.4. The second-order valence-electron chi connectivity index (χ2n) is 23.6. The number of aromatic nitrogens is 6.